The summed E-state index contributed by atoms with van der Waals surface area (Å²) in [5.41, 5.74) is 0.180. The lowest BCUT2D eigenvalue weighted by Gasteiger charge is -2.39. The van der Waals surface area contributed by atoms with Crippen LogP contribution in [0.1, 0.15) is 48.0 Å². The molecule has 17 heavy (non-hydrogen) atoms. The van der Waals surface area contributed by atoms with Gasteiger partial charge in [0.15, 0.2) is 0 Å². The third-order valence-corrected chi connectivity index (χ3v) is 3.90. The van der Waals surface area contributed by atoms with Crippen molar-refractivity contribution in [3.05, 3.63) is 0 Å². The fraction of sp³-hybridized carbons (Fsp3) is 1.00. The number of hydrogen-bond donors (Lipinski definition) is 1. The Kier molecular flexibility index (Phi) is 8.01. The average molecular weight is 244 g/mol. The quantitative estimate of drug-likeness (QED) is 0.673. The minimum Gasteiger partial charge on any atom is -0.390 e. The molecule has 3 heteroatoms. The molecule has 1 atom stereocenters. The first-order chi connectivity index (χ1) is 7.91. The molecule has 0 spiro atoms. The van der Waals surface area contributed by atoms with Crippen LogP contribution in [0.5, 0.6) is 0 Å². The molecule has 3 nitrogen and oxygen atoms in total. The molecular formula is C14H32N2O. The molecule has 0 radical (unpaired) electrons. The average Bonchev–Trinajstić information content (AvgIpc) is 2.32. The van der Waals surface area contributed by atoms with E-state index in [2.05, 4.69) is 51.3 Å². The van der Waals surface area contributed by atoms with Gasteiger partial charge in [-0.1, -0.05) is 27.7 Å². The Hall–Kier alpha value is -0.120. The van der Waals surface area contributed by atoms with E-state index in [0.29, 0.717) is 0 Å². The number of aliphatic hydroxyl groups is 1. The summed E-state index contributed by atoms with van der Waals surface area (Å²) >= 11 is 0. The van der Waals surface area contributed by atoms with Gasteiger partial charge in [0.25, 0.3) is 0 Å². The first-order valence-corrected chi connectivity index (χ1v) is 7.06. The molecule has 0 rings (SSSR count). The maximum Gasteiger partial charge on any atom is 0.0794 e. The van der Waals surface area contributed by atoms with E-state index in [1.807, 2.05) is 0 Å². The second kappa shape index (κ2) is 8.06. The van der Waals surface area contributed by atoms with Crippen LogP contribution in [0.3, 0.4) is 0 Å². The minimum atomic E-state index is -0.249. The van der Waals surface area contributed by atoms with Crippen LogP contribution in [0.15, 0.2) is 0 Å². The highest BCUT2D eigenvalue weighted by Crippen LogP contribution is 2.18. The highest BCUT2D eigenvalue weighted by Gasteiger charge is 2.25. The third kappa shape index (κ3) is 5.84. The molecule has 0 amide bonds. The number of β-amino-alcohol motifs (C(OH)–C–C–N with tert-alkyl or cyclic N) is 1. The standard InChI is InChI=1S/C14H32N2O/c1-7-14(5,6)16(10-4)12-13(17)11-15(8-2)9-3/h13,17H,7-12H2,1-6H3. The third-order valence-electron chi connectivity index (χ3n) is 3.90. The van der Waals surface area contributed by atoms with Gasteiger partial charge in [0.1, 0.15) is 0 Å². The van der Waals surface area contributed by atoms with Gasteiger partial charge in [-0.05, 0) is 39.9 Å². The maximum atomic E-state index is 10.2. The molecule has 1 unspecified atom stereocenters. The predicted molar refractivity (Wildman–Crippen MR) is 75.4 cm³/mol. The highest BCUT2D eigenvalue weighted by molar-refractivity contribution is 4.81. The molecular weight excluding hydrogens is 212 g/mol. The zero-order valence-electron chi connectivity index (χ0n) is 12.7. The Balaban J connectivity index is 4.28. The lowest BCUT2D eigenvalue weighted by molar-refractivity contribution is 0.0345. The molecule has 0 saturated heterocycles. The van der Waals surface area contributed by atoms with Crippen molar-refractivity contribution in [1.29, 1.82) is 0 Å². The van der Waals surface area contributed by atoms with Crippen molar-refractivity contribution in [3.63, 3.8) is 0 Å². The summed E-state index contributed by atoms with van der Waals surface area (Å²) in [4.78, 5) is 4.65. The molecule has 1 N–H and O–H groups in total. The summed E-state index contributed by atoms with van der Waals surface area (Å²) in [5, 5.41) is 10.2. The van der Waals surface area contributed by atoms with Gasteiger partial charge in [-0.2, -0.15) is 0 Å². The van der Waals surface area contributed by atoms with Gasteiger partial charge >= 0.3 is 0 Å². The van der Waals surface area contributed by atoms with Gasteiger partial charge in [0.05, 0.1) is 6.10 Å². The Bertz CT molecular complexity index is 191. The van der Waals surface area contributed by atoms with Gasteiger partial charge in [-0.3, -0.25) is 4.90 Å². The summed E-state index contributed by atoms with van der Waals surface area (Å²) < 4.78 is 0. The Morgan fingerprint density at radius 2 is 1.47 bits per heavy atom. The number of likely N-dealkylation sites (N-methyl/N-ethyl adjacent to an activating group) is 2. The van der Waals surface area contributed by atoms with Crippen molar-refractivity contribution in [3.8, 4) is 0 Å². The van der Waals surface area contributed by atoms with E-state index in [9.17, 15) is 5.11 Å². The van der Waals surface area contributed by atoms with E-state index in [1.54, 1.807) is 0 Å². The fourth-order valence-electron chi connectivity index (χ4n) is 2.12. The maximum absolute atomic E-state index is 10.2. The number of nitrogens with zero attached hydrogens (tertiary/aromatic N) is 2. The first kappa shape index (κ1) is 16.9. The fourth-order valence-corrected chi connectivity index (χ4v) is 2.12. The molecule has 0 aromatic heterocycles. The van der Waals surface area contributed by atoms with Crippen LogP contribution in [0, 0.1) is 0 Å². The Morgan fingerprint density at radius 1 is 0.941 bits per heavy atom. The summed E-state index contributed by atoms with van der Waals surface area (Å²) in [6, 6.07) is 0. The van der Waals surface area contributed by atoms with E-state index >= 15 is 0 Å². The number of aliphatic hydroxyl groups excluding tert-OH is 1. The monoisotopic (exact) mass is 244 g/mol. The van der Waals surface area contributed by atoms with E-state index in [-0.39, 0.29) is 11.6 Å². The van der Waals surface area contributed by atoms with Gasteiger partial charge in [0.2, 0.25) is 0 Å². The van der Waals surface area contributed by atoms with Crippen LogP contribution in [-0.4, -0.2) is 59.3 Å². The van der Waals surface area contributed by atoms with Crippen LogP contribution < -0.4 is 0 Å². The molecule has 0 aliphatic carbocycles. The molecule has 0 aliphatic rings. The molecule has 0 aromatic carbocycles. The highest BCUT2D eigenvalue weighted by atomic mass is 16.3. The Labute approximate surface area is 108 Å². The first-order valence-electron chi connectivity index (χ1n) is 7.06. The van der Waals surface area contributed by atoms with E-state index < -0.39 is 0 Å². The lowest BCUT2D eigenvalue weighted by atomic mass is 9.98. The molecule has 0 aliphatic heterocycles. The lowest BCUT2D eigenvalue weighted by Crippen LogP contribution is -2.49. The van der Waals surface area contributed by atoms with E-state index in [4.69, 9.17) is 0 Å². The van der Waals surface area contributed by atoms with Crippen molar-refractivity contribution >= 4 is 0 Å². The van der Waals surface area contributed by atoms with Crippen molar-refractivity contribution in [1.82, 2.24) is 9.80 Å². The Morgan fingerprint density at radius 3 is 1.82 bits per heavy atom. The second-order valence-corrected chi connectivity index (χ2v) is 5.34. The van der Waals surface area contributed by atoms with Crippen molar-refractivity contribution in [2.45, 2.75) is 59.6 Å². The van der Waals surface area contributed by atoms with E-state index in [1.165, 1.54) is 0 Å². The molecule has 104 valence electrons. The summed E-state index contributed by atoms with van der Waals surface area (Å²) in [7, 11) is 0. The molecule has 0 aromatic rings. The summed E-state index contributed by atoms with van der Waals surface area (Å²) in [5.74, 6) is 0. The van der Waals surface area contributed by atoms with Gasteiger partial charge < -0.3 is 10.0 Å². The van der Waals surface area contributed by atoms with Crippen LogP contribution in [0.4, 0.5) is 0 Å². The van der Waals surface area contributed by atoms with Crippen molar-refractivity contribution < 1.29 is 5.11 Å². The van der Waals surface area contributed by atoms with Gasteiger partial charge in [-0.25, -0.2) is 0 Å². The predicted octanol–water partition coefficient (Wildman–Crippen LogP) is 2.20. The SMILES string of the molecule is CCN(CC)CC(O)CN(CC)C(C)(C)CC. The van der Waals surface area contributed by atoms with Crippen LogP contribution in [0.2, 0.25) is 0 Å². The smallest absolute Gasteiger partial charge is 0.0794 e. The molecule has 0 saturated carbocycles. The van der Waals surface area contributed by atoms with Crippen molar-refractivity contribution in [2.75, 3.05) is 32.7 Å². The molecule has 0 heterocycles. The molecule has 0 bridgehead atoms. The normalized spacial score (nSPS) is 14.6. The van der Waals surface area contributed by atoms with Crippen LogP contribution in [0.25, 0.3) is 0 Å². The largest absolute Gasteiger partial charge is 0.390 e. The van der Waals surface area contributed by atoms with Crippen LogP contribution >= 0.6 is 0 Å². The molecule has 0 fully saturated rings. The minimum absolute atomic E-state index is 0.180. The van der Waals surface area contributed by atoms with E-state index in [0.717, 1.165) is 39.1 Å². The van der Waals surface area contributed by atoms with Gasteiger partial charge in [-0.15, -0.1) is 0 Å². The van der Waals surface area contributed by atoms with Gasteiger partial charge in [0, 0.05) is 18.6 Å². The van der Waals surface area contributed by atoms with Crippen molar-refractivity contribution in [2.24, 2.45) is 0 Å². The summed E-state index contributed by atoms with van der Waals surface area (Å²) in [6.07, 6.45) is 0.861. The zero-order valence-corrected chi connectivity index (χ0v) is 12.7. The van der Waals surface area contributed by atoms with Crippen LogP contribution in [-0.2, 0) is 0 Å². The summed E-state index contributed by atoms with van der Waals surface area (Å²) in [6.45, 7) is 17.7. The zero-order chi connectivity index (χ0) is 13.5. The number of rotatable bonds is 9. The topological polar surface area (TPSA) is 26.7 Å². The number of hydrogen-bond acceptors (Lipinski definition) is 3. The second-order valence-electron chi connectivity index (χ2n) is 5.34.